The molecule has 2 aromatic carbocycles. The highest BCUT2D eigenvalue weighted by atomic mass is 15.3. The van der Waals surface area contributed by atoms with Gasteiger partial charge in [-0.05, 0) is 35.9 Å². The molecular weight excluding hydrogens is 350 g/mol. The number of rotatable bonds is 4. The molecule has 28 heavy (non-hydrogen) atoms. The van der Waals surface area contributed by atoms with Gasteiger partial charge in [-0.2, -0.15) is 5.10 Å². The van der Waals surface area contributed by atoms with Crippen molar-refractivity contribution in [3.8, 4) is 11.1 Å². The average molecular weight is 369 g/mol. The quantitative estimate of drug-likeness (QED) is 0.442. The van der Waals surface area contributed by atoms with Crippen molar-refractivity contribution in [1.29, 1.82) is 0 Å². The molecular formula is C21H19N7. The van der Waals surface area contributed by atoms with Crippen molar-refractivity contribution >= 4 is 34.0 Å². The van der Waals surface area contributed by atoms with E-state index in [-0.39, 0.29) is 0 Å². The highest BCUT2D eigenvalue weighted by molar-refractivity contribution is 5.88. The molecule has 3 aromatic heterocycles. The van der Waals surface area contributed by atoms with Crippen molar-refractivity contribution in [3.63, 3.8) is 0 Å². The number of benzene rings is 2. The summed E-state index contributed by atoms with van der Waals surface area (Å²) in [6.45, 7) is 2.01. The van der Waals surface area contributed by atoms with Crippen LogP contribution >= 0.6 is 0 Å². The molecule has 0 spiro atoms. The van der Waals surface area contributed by atoms with Gasteiger partial charge in [-0.25, -0.2) is 14.5 Å². The standard InChI is InChI=1S/C21H19N7/c1-2-18-26-20(22)19-15(11-12-28(19)27-18)13-7-9-14(10-8-13)23-21-24-16-5-3-4-6-17(16)25-21/h3-12H,2H2,1H3,(H2,22,26,27)(H2,23,24,25). The van der Waals surface area contributed by atoms with E-state index in [0.29, 0.717) is 11.8 Å². The molecule has 0 aliphatic carbocycles. The number of nitrogens with two attached hydrogens (primary N) is 1. The number of aromatic nitrogens is 5. The zero-order chi connectivity index (χ0) is 19.1. The number of nitrogens with zero attached hydrogens (tertiary/aromatic N) is 4. The maximum absolute atomic E-state index is 6.19. The average Bonchev–Trinajstić information content (AvgIpc) is 3.32. The van der Waals surface area contributed by atoms with Gasteiger partial charge < -0.3 is 16.0 Å². The minimum Gasteiger partial charge on any atom is -0.382 e. The summed E-state index contributed by atoms with van der Waals surface area (Å²) >= 11 is 0. The Bertz CT molecular complexity index is 1250. The van der Waals surface area contributed by atoms with Crippen LogP contribution in [0.2, 0.25) is 0 Å². The molecule has 0 aliphatic rings. The topological polar surface area (TPSA) is 96.9 Å². The summed E-state index contributed by atoms with van der Waals surface area (Å²) in [4.78, 5) is 12.2. The Morgan fingerprint density at radius 3 is 2.64 bits per heavy atom. The Hall–Kier alpha value is -3.87. The van der Waals surface area contributed by atoms with E-state index in [1.54, 1.807) is 4.52 Å². The third kappa shape index (κ3) is 2.73. The summed E-state index contributed by atoms with van der Waals surface area (Å²) in [6.07, 6.45) is 2.66. The lowest BCUT2D eigenvalue weighted by Gasteiger charge is -2.07. The lowest BCUT2D eigenvalue weighted by Crippen LogP contribution is -2.04. The SMILES string of the molecule is CCc1nc(N)c2c(-c3ccc(Nc4nc5ccccc5[nH]4)cc3)ccn2n1. The van der Waals surface area contributed by atoms with Gasteiger partial charge in [-0.3, -0.25) is 0 Å². The Balaban J connectivity index is 1.46. The number of nitrogens with one attached hydrogen (secondary N) is 2. The van der Waals surface area contributed by atoms with Gasteiger partial charge in [0.15, 0.2) is 11.6 Å². The molecule has 138 valence electrons. The van der Waals surface area contributed by atoms with Crippen LogP contribution in [-0.4, -0.2) is 24.6 Å². The summed E-state index contributed by atoms with van der Waals surface area (Å²) in [5, 5.41) is 7.80. The zero-order valence-electron chi connectivity index (χ0n) is 15.3. The summed E-state index contributed by atoms with van der Waals surface area (Å²) < 4.78 is 1.80. The largest absolute Gasteiger partial charge is 0.382 e. The fraction of sp³-hybridized carbons (Fsp3) is 0.0952. The van der Waals surface area contributed by atoms with Gasteiger partial charge in [-0.15, -0.1) is 0 Å². The Kier molecular flexibility index (Phi) is 3.72. The van der Waals surface area contributed by atoms with Crippen LogP contribution in [0.1, 0.15) is 12.7 Å². The fourth-order valence-corrected chi connectivity index (χ4v) is 3.36. The van der Waals surface area contributed by atoms with Gasteiger partial charge in [0.25, 0.3) is 0 Å². The number of hydrogen-bond donors (Lipinski definition) is 3. The number of aromatic amines is 1. The van der Waals surface area contributed by atoms with Crippen molar-refractivity contribution in [2.45, 2.75) is 13.3 Å². The van der Waals surface area contributed by atoms with Crippen LogP contribution in [0.5, 0.6) is 0 Å². The first-order valence-corrected chi connectivity index (χ1v) is 9.17. The second-order valence-electron chi connectivity index (χ2n) is 6.59. The van der Waals surface area contributed by atoms with Gasteiger partial charge in [0, 0.05) is 23.9 Å². The molecule has 0 aliphatic heterocycles. The molecule has 0 saturated carbocycles. The van der Waals surface area contributed by atoms with E-state index in [9.17, 15) is 0 Å². The van der Waals surface area contributed by atoms with Gasteiger partial charge >= 0.3 is 0 Å². The second kappa shape index (κ2) is 6.38. The minimum absolute atomic E-state index is 0.497. The van der Waals surface area contributed by atoms with Crippen molar-refractivity contribution in [2.24, 2.45) is 0 Å². The normalized spacial score (nSPS) is 11.3. The molecule has 7 heteroatoms. The van der Waals surface area contributed by atoms with Crippen LogP contribution in [0.4, 0.5) is 17.5 Å². The number of hydrogen-bond acceptors (Lipinski definition) is 5. The molecule has 0 bridgehead atoms. The Labute approximate surface area is 161 Å². The third-order valence-corrected chi connectivity index (χ3v) is 4.75. The molecule has 5 rings (SSSR count). The number of anilines is 3. The van der Waals surface area contributed by atoms with E-state index in [1.807, 2.05) is 67.7 Å². The first kappa shape index (κ1) is 16.3. The van der Waals surface area contributed by atoms with E-state index in [2.05, 4.69) is 25.4 Å². The predicted octanol–water partition coefficient (Wildman–Crippen LogP) is 4.16. The molecule has 0 radical (unpaired) electrons. The number of para-hydroxylation sites is 2. The number of nitrogen functional groups attached to an aromatic ring is 1. The van der Waals surface area contributed by atoms with E-state index < -0.39 is 0 Å². The van der Waals surface area contributed by atoms with Crippen molar-refractivity contribution in [2.75, 3.05) is 11.1 Å². The van der Waals surface area contributed by atoms with Crippen LogP contribution in [0.25, 0.3) is 27.7 Å². The molecule has 0 atom stereocenters. The van der Waals surface area contributed by atoms with Crippen LogP contribution in [-0.2, 0) is 6.42 Å². The van der Waals surface area contributed by atoms with E-state index in [4.69, 9.17) is 5.73 Å². The number of fused-ring (bicyclic) bond motifs is 2. The molecule has 4 N–H and O–H groups in total. The smallest absolute Gasteiger partial charge is 0.205 e. The molecule has 7 nitrogen and oxygen atoms in total. The van der Waals surface area contributed by atoms with Gasteiger partial charge in [-0.1, -0.05) is 31.2 Å². The zero-order valence-corrected chi connectivity index (χ0v) is 15.3. The van der Waals surface area contributed by atoms with Gasteiger partial charge in [0.05, 0.1) is 11.0 Å². The maximum atomic E-state index is 6.19. The molecule has 0 unspecified atom stereocenters. The van der Waals surface area contributed by atoms with Crippen LogP contribution in [0.15, 0.2) is 60.8 Å². The molecule has 0 fully saturated rings. The summed E-state index contributed by atoms with van der Waals surface area (Å²) in [5.41, 5.74) is 12.0. The maximum Gasteiger partial charge on any atom is 0.205 e. The Morgan fingerprint density at radius 1 is 1.04 bits per heavy atom. The highest BCUT2D eigenvalue weighted by Crippen LogP contribution is 2.30. The lowest BCUT2D eigenvalue weighted by atomic mass is 10.1. The first-order chi connectivity index (χ1) is 13.7. The first-order valence-electron chi connectivity index (χ1n) is 9.17. The van der Waals surface area contributed by atoms with Gasteiger partial charge in [0.1, 0.15) is 5.52 Å². The molecule has 0 saturated heterocycles. The number of aryl methyl sites for hydroxylation is 1. The van der Waals surface area contributed by atoms with Crippen LogP contribution < -0.4 is 11.1 Å². The van der Waals surface area contributed by atoms with Crippen LogP contribution in [0, 0.1) is 0 Å². The summed E-state index contributed by atoms with van der Waals surface area (Å²) in [5.74, 6) is 1.95. The molecule has 3 heterocycles. The highest BCUT2D eigenvalue weighted by Gasteiger charge is 2.12. The third-order valence-electron chi connectivity index (χ3n) is 4.75. The number of H-pyrrole nitrogens is 1. The van der Waals surface area contributed by atoms with E-state index >= 15 is 0 Å². The number of imidazole rings is 1. The minimum atomic E-state index is 0.497. The second-order valence-corrected chi connectivity index (χ2v) is 6.59. The predicted molar refractivity (Wildman–Crippen MR) is 112 cm³/mol. The Morgan fingerprint density at radius 2 is 1.86 bits per heavy atom. The van der Waals surface area contributed by atoms with Crippen LogP contribution in [0.3, 0.4) is 0 Å². The molecule has 5 aromatic rings. The lowest BCUT2D eigenvalue weighted by molar-refractivity contribution is 0.817. The molecule has 0 amide bonds. The van der Waals surface area contributed by atoms with E-state index in [1.165, 1.54) is 0 Å². The summed E-state index contributed by atoms with van der Waals surface area (Å²) in [7, 11) is 0. The monoisotopic (exact) mass is 369 g/mol. The fourth-order valence-electron chi connectivity index (χ4n) is 3.36. The van der Waals surface area contributed by atoms with Crippen molar-refractivity contribution < 1.29 is 0 Å². The van der Waals surface area contributed by atoms with E-state index in [0.717, 1.165) is 45.6 Å². The van der Waals surface area contributed by atoms with Crippen molar-refractivity contribution in [1.82, 2.24) is 24.6 Å². The van der Waals surface area contributed by atoms with Gasteiger partial charge in [0.2, 0.25) is 5.95 Å². The summed E-state index contributed by atoms with van der Waals surface area (Å²) in [6, 6.07) is 18.1. The van der Waals surface area contributed by atoms with Crippen molar-refractivity contribution in [3.05, 3.63) is 66.6 Å².